The molecule has 0 aliphatic carbocycles. The van der Waals surface area contributed by atoms with Gasteiger partial charge in [-0.25, -0.2) is 0 Å². The molecule has 0 saturated carbocycles. The van der Waals surface area contributed by atoms with Crippen molar-refractivity contribution in [1.82, 2.24) is 0 Å². The Kier molecular flexibility index (Phi) is 4.13. The smallest absolute Gasteiger partial charge is 0.0335 e. The van der Waals surface area contributed by atoms with Crippen molar-refractivity contribution < 1.29 is 0 Å². The van der Waals surface area contributed by atoms with Crippen molar-refractivity contribution in [1.29, 1.82) is 0 Å². The molecule has 3 aromatic carbocycles. The van der Waals surface area contributed by atoms with Crippen LogP contribution in [0, 0.1) is 0 Å². The van der Waals surface area contributed by atoms with Gasteiger partial charge in [-0.05, 0) is 28.7 Å². The first kappa shape index (κ1) is 13.6. The molecule has 1 heteroatoms. The summed E-state index contributed by atoms with van der Waals surface area (Å²) in [6.45, 7) is 0. The molecule has 21 heavy (non-hydrogen) atoms. The molecule has 3 aromatic rings. The van der Waals surface area contributed by atoms with E-state index in [0.717, 1.165) is 6.42 Å². The van der Waals surface area contributed by atoms with E-state index in [1.165, 1.54) is 22.3 Å². The maximum Gasteiger partial charge on any atom is 0.0335 e. The largest absolute Gasteiger partial charge is 0.324 e. The molecule has 0 fully saturated rings. The van der Waals surface area contributed by atoms with E-state index < -0.39 is 0 Å². The van der Waals surface area contributed by atoms with Crippen LogP contribution in [0.3, 0.4) is 0 Å². The van der Waals surface area contributed by atoms with Gasteiger partial charge < -0.3 is 5.73 Å². The van der Waals surface area contributed by atoms with E-state index in [9.17, 15) is 0 Å². The molecule has 0 spiro atoms. The molecule has 1 nitrogen and oxygen atoms in total. The average molecular weight is 273 g/mol. The zero-order valence-corrected chi connectivity index (χ0v) is 11.9. The topological polar surface area (TPSA) is 26.0 Å². The molecule has 0 radical (unpaired) electrons. The quantitative estimate of drug-likeness (QED) is 0.739. The molecule has 0 heterocycles. The van der Waals surface area contributed by atoms with E-state index >= 15 is 0 Å². The fraction of sp³-hybridized carbons (Fsp3) is 0.100. The first-order valence-electron chi connectivity index (χ1n) is 7.28. The summed E-state index contributed by atoms with van der Waals surface area (Å²) in [5, 5.41) is 0. The number of benzene rings is 3. The lowest BCUT2D eigenvalue weighted by molar-refractivity contribution is 0.722. The molecule has 3 rings (SSSR count). The summed E-state index contributed by atoms with van der Waals surface area (Å²) in [6.07, 6.45) is 0.860. The fourth-order valence-corrected chi connectivity index (χ4v) is 2.54. The lowest BCUT2D eigenvalue weighted by atomic mass is 9.97. The standard InChI is InChI=1S/C20H19N/c21-20(19-9-5-2-6-10-19)15-16-11-13-18(14-12-16)17-7-3-1-4-8-17/h1-14,20H,15,21H2. The third-order valence-electron chi connectivity index (χ3n) is 3.74. The minimum Gasteiger partial charge on any atom is -0.324 e. The first-order chi connectivity index (χ1) is 10.3. The first-order valence-corrected chi connectivity index (χ1v) is 7.28. The van der Waals surface area contributed by atoms with Crippen LogP contribution >= 0.6 is 0 Å². The van der Waals surface area contributed by atoms with Gasteiger partial charge in [-0.2, -0.15) is 0 Å². The minimum atomic E-state index is 0.0498. The third kappa shape index (κ3) is 3.39. The molecule has 2 N–H and O–H groups in total. The number of rotatable bonds is 4. The van der Waals surface area contributed by atoms with Crippen LogP contribution in [0.4, 0.5) is 0 Å². The minimum absolute atomic E-state index is 0.0498. The van der Waals surface area contributed by atoms with E-state index in [4.69, 9.17) is 5.73 Å². The lowest BCUT2D eigenvalue weighted by Gasteiger charge is -2.12. The Balaban J connectivity index is 1.73. The van der Waals surface area contributed by atoms with E-state index in [-0.39, 0.29) is 6.04 Å². The molecular weight excluding hydrogens is 254 g/mol. The Bertz CT molecular complexity index is 672. The van der Waals surface area contributed by atoms with E-state index in [1.807, 2.05) is 24.3 Å². The molecule has 0 saturated heterocycles. The Hall–Kier alpha value is -2.38. The SMILES string of the molecule is NC(Cc1ccc(-c2ccccc2)cc1)c1ccccc1. The van der Waals surface area contributed by atoms with Gasteiger partial charge in [0.05, 0.1) is 0 Å². The highest BCUT2D eigenvalue weighted by Gasteiger charge is 2.06. The summed E-state index contributed by atoms with van der Waals surface area (Å²) in [7, 11) is 0. The molecule has 1 atom stereocenters. The molecule has 0 amide bonds. The van der Waals surface area contributed by atoms with Crippen LogP contribution < -0.4 is 5.73 Å². The molecular formula is C20H19N. The Labute approximate surface area is 126 Å². The van der Waals surface area contributed by atoms with Crippen molar-refractivity contribution in [2.24, 2.45) is 5.73 Å². The number of hydrogen-bond donors (Lipinski definition) is 1. The van der Waals surface area contributed by atoms with E-state index in [2.05, 4.69) is 60.7 Å². The van der Waals surface area contributed by atoms with Crippen molar-refractivity contribution in [3.05, 3.63) is 96.1 Å². The van der Waals surface area contributed by atoms with Crippen LogP contribution in [0.2, 0.25) is 0 Å². The molecule has 1 unspecified atom stereocenters. The highest BCUT2D eigenvalue weighted by Crippen LogP contribution is 2.21. The monoisotopic (exact) mass is 273 g/mol. The Morgan fingerprint density at radius 1 is 0.619 bits per heavy atom. The molecule has 0 aromatic heterocycles. The second kappa shape index (κ2) is 6.38. The van der Waals surface area contributed by atoms with Crippen molar-refractivity contribution >= 4 is 0 Å². The summed E-state index contributed by atoms with van der Waals surface area (Å²) in [4.78, 5) is 0. The normalized spacial score (nSPS) is 12.0. The van der Waals surface area contributed by atoms with Gasteiger partial charge in [-0.15, -0.1) is 0 Å². The van der Waals surface area contributed by atoms with Crippen LogP contribution in [0.1, 0.15) is 17.2 Å². The summed E-state index contributed by atoms with van der Waals surface area (Å²) in [6, 6.07) is 29.4. The van der Waals surface area contributed by atoms with Crippen LogP contribution in [0.5, 0.6) is 0 Å². The van der Waals surface area contributed by atoms with Crippen LogP contribution in [0.15, 0.2) is 84.9 Å². The van der Waals surface area contributed by atoms with Gasteiger partial charge in [-0.1, -0.05) is 84.9 Å². The second-order valence-electron chi connectivity index (χ2n) is 5.28. The Morgan fingerprint density at radius 3 is 1.76 bits per heavy atom. The van der Waals surface area contributed by atoms with Gasteiger partial charge in [0.1, 0.15) is 0 Å². The van der Waals surface area contributed by atoms with Crippen molar-refractivity contribution in [3.63, 3.8) is 0 Å². The average Bonchev–Trinajstić information content (AvgIpc) is 2.57. The van der Waals surface area contributed by atoms with Gasteiger partial charge >= 0.3 is 0 Å². The van der Waals surface area contributed by atoms with Gasteiger partial charge in [0.25, 0.3) is 0 Å². The van der Waals surface area contributed by atoms with Gasteiger partial charge in [0.15, 0.2) is 0 Å². The maximum absolute atomic E-state index is 6.28. The predicted octanol–water partition coefficient (Wildman–Crippen LogP) is 4.60. The fourth-order valence-electron chi connectivity index (χ4n) is 2.54. The number of hydrogen-bond acceptors (Lipinski definition) is 1. The molecule has 0 bridgehead atoms. The molecule has 104 valence electrons. The zero-order chi connectivity index (χ0) is 14.5. The van der Waals surface area contributed by atoms with E-state index in [1.54, 1.807) is 0 Å². The van der Waals surface area contributed by atoms with Crippen LogP contribution in [0.25, 0.3) is 11.1 Å². The Morgan fingerprint density at radius 2 is 1.14 bits per heavy atom. The second-order valence-corrected chi connectivity index (χ2v) is 5.28. The third-order valence-corrected chi connectivity index (χ3v) is 3.74. The highest BCUT2D eigenvalue weighted by molar-refractivity contribution is 5.63. The highest BCUT2D eigenvalue weighted by atomic mass is 14.6. The zero-order valence-electron chi connectivity index (χ0n) is 11.9. The van der Waals surface area contributed by atoms with Gasteiger partial charge in [0, 0.05) is 6.04 Å². The van der Waals surface area contributed by atoms with Crippen LogP contribution in [-0.4, -0.2) is 0 Å². The summed E-state index contributed by atoms with van der Waals surface area (Å²) >= 11 is 0. The molecule has 0 aliphatic heterocycles. The maximum atomic E-state index is 6.28. The van der Waals surface area contributed by atoms with Gasteiger partial charge in [0.2, 0.25) is 0 Å². The van der Waals surface area contributed by atoms with Crippen molar-refractivity contribution in [3.8, 4) is 11.1 Å². The van der Waals surface area contributed by atoms with Crippen LogP contribution in [-0.2, 0) is 6.42 Å². The predicted molar refractivity (Wildman–Crippen MR) is 89.0 cm³/mol. The van der Waals surface area contributed by atoms with Crippen molar-refractivity contribution in [2.75, 3.05) is 0 Å². The summed E-state index contributed by atoms with van der Waals surface area (Å²) in [5.41, 5.74) is 11.2. The van der Waals surface area contributed by atoms with E-state index in [0.29, 0.717) is 0 Å². The van der Waals surface area contributed by atoms with Gasteiger partial charge in [-0.3, -0.25) is 0 Å². The lowest BCUT2D eigenvalue weighted by Crippen LogP contribution is -2.13. The summed E-state index contributed by atoms with van der Waals surface area (Å²) < 4.78 is 0. The molecule has 0 aliphatic rings. The summed E-state index contributed by atoms with van der Waals surface area (Å²) in [5.74, 6) is 0. The number of nitrogens with two attached hydrogens (primary N) is 1. The van der Waals surface area contributed by atoms with Crippen molar-refractivity contribution in [2.45, 2.75) is 12.5 Å².